The molecule has 0 unspecified atom stereocenters. The third-order valence-electron chi connectivity index (χ3n) is 3.26. The van der Waals surface area contributed by atoms with Gasteiger partial charge in [0, 0.05) is 11.4 Å². The zero-order valence-corrected chi connectivity index (χ0v) is 14.0. The van der Waals surface area contributed by atoms with E-state index in [1.54, 1.807) is 26.0 Å². The second-order valence-electron chi connectivity index (χ2n) is 5.88. The third-order valence-corrected chi connectivity index (χ3v) is 3.49. The molecule has 0 fully saturated rings. The van der Waals surface area contributed by atoms with E-state index in [-0.39, 0.29) is 0 Å². The zero-order valence-electron chi connectivity index (χ0n) is 13.2. The molecular formula is C18H20ClNO3. The highest BCUT2D eigenvalue weighted by Crippen LogP contribution is 2.29. The minimum absolute atomic E-state index is 0.436. The molecule has 4 nitrogen and oxygen atoms in total. The highest BCUT2D eigenvalue weighted by atomic mass is 35.5. The van der Waals surface area contributed by atoms with Gasteiger partial charge in [-0.25, -0.2) is 4.79 Å². The topological polar surface area (TPSA) is 61.6 Å². The summed E-state index contributed by atoms with van der Waals surface area (Å²) in [4.78, 5) is 11.0. The standard InChI is InChI=1S/C18H20ClNO3/c1-18(2,23-17(20)21)11-14-8-9-15(19)10-16(14)22-12-13-6-4-3-5-7-13/h3-10H,11-12H2,1-2H3,(H2,20,21). The second kappa shape index (κ2) is 7.38. The summed E-state index contributed by atoms with van der Waals surface area (Å²) in [7, 11) is 0. The van der Waals surface area contributed by atoms with E-state index in [0.717, 1.165) is 11.1 Å². The summed E-state index contributed by atoms with van der Waals surface area (Å²) >= 11 is 6.07. The number of hydrogen-bond acceptors (Lipinski definition) is 3. The summed E-state index contributed by atoms with van der Waals surface area (Å²) in [6.07, 6.45) is -0.326. The first kappa shape index (κ1) is 17.2. The van der Waals surface area contributed by atoms with Gasteiger partial charge in [0.1, 0.15) is 18.0 Å². The molecule has 2 aromatic rings. The molecule has 0 bridgehead atoms. The van der Waals surface area contributed by atoms with Crippen LogP contribution < -0.4 is 10.5 Å². The van der Waals surface area contributed by atoms with Crippen LogP contribution in [0.2, 0.25) is 5.02 Å². The Labute approximate surface area is 141 Å². The minimum atomic E-state index is -0.796. The highest BCUT2D eigenvalue weighted by molar-refractivity contribution is 6.30. The maximum atomic E-state index is 11.0. The lowest BCUT2D eigenvalue weighted by Gasteiger charge is -2.25. The van der Waals surface area contributed by atoms with E-state index < -0.39 is 11.7 Å². The molecule has 0 aliphatic heterocycles. The van der Waals surface area contributed by atoms with Crippen LogP contribution in [-0.4, -0.2) is 11.7 Å². The Bertz CT molecular complexity index is 671. The number of primary amides is 1. The molecule has 0 aliphatic carbocycles. The summed E-state index contributed by atoms with van der Waals surface area (Å²) in [6.45, 7) is 4.03. The van der Waals surface area contributed by atoms with E-state index in [0.29, 0.717) is 23.8 Å². The third kappa shape index (κ3) is 5.49. The van der Waals surface area contributed by atoms with Crippen molar-refractivity contribution in [1.82, 2.24) is 0 Å². The number of hydrogen-bond donors (Lipinski definition) is 1. The number of benzene rings is 2. The van der Waals surface area contributed by atoms with Gasteiger partial charge in [-0.1, -0.05) is 48.0 Å². The number of carbonyl (C=O) groups excluding carboxylic acids is 1. The molecule has 0 atom stereocenters. The molecule has 0 saturated carbocycles. The number of ether oxygens (including phenoxy) is 2. The van der Waals surface area contributed by atoms with Gasteiger partial charge >= 0.3 is 6.09 Å². The Morgan fingerprint density at radius 3 is 2.52 bits per heavy atom. The monoisotopic (exact) mass is 333 g/mol. The normalized spacial score (nSPS) is 11.1. The fraction of sp³-hybridized carbons (Fsp3) is 0.278. The molecule has 2 N–H and O–H groups in total. The predicted octanol–water partition coefficient (Wildman–Crippen LogP) is 4.34. The molecule has 0 aliphatic rings. The van der Waals surface area contributed by atoms with Gasteiger partial charge in [0.15, 0.2) is 0 Å². The van der Waals surface area contributed by atoms with Crippen molar-refractivity contribution in [2.75, 3.05) is 0 Å². The van der Waals surface area contributed by atoms with Crippen molar-refractivity contribution < 1.29 is 14.3 Å². The van der Waals surface area contributed by atoms with Crippen molar-refractivity contribution in [2.24, 2.45) is 5.73 Å². The molecule has 23 heavy (non-hydrogen) atoms. The van der Waals surface area contributed by atoms with Gasteiger partial charge in [0.05, 0.1) is 0 Å². The Morgan fingerprint density at radius 1 is 1.17 bits per heavy atom. The molecule has 0 heterocycles. The number of rotatable bonds is 6. The van der Waals surface area contributed by atoms with Crippen molar-refractivity contribution in [3.8, 4) is 5.75 Å². The minimum Gasteiger partial charge on any atom is -0.489 e. The molecule has 1 amide bonds. The van der Waals surface area contributed by atoms with Gasteiger partial charge in [0.2, 0.25) is 0 Å². The first-order valence-corrected chi connectivity index (χ1v) is 7.67. The van der Waals surface area contributed by atoms with Gasteiger partial charge in [0.25, 0.3) is 0 Å². The lowest BCUT2D eigenvalue weighted by molar-refractivity contribution is 0.0454. The second-order valence-corrected chi connectivity index (χ2v) is 6.32. The predicted molar refractivity (Wildman–Crippen MR) is 90.7 cm³/mol. The van der Waals surface area contributed by atoms with Crippen LogP contribution in [0.15, 0.2) is 48.5 Å². The van der Waals surface area contributed by atoms with E-state index >= 15 is 0 Å². The van der Waals surface area contributed by atoms with Crippen molar-refractivity contribution in [3.63, 3.8) is 0 Å². The molecule has 122 valence electrons. The van der Waals surface area contributed by atoms with Crippen LogP contribution in [0.4, 0.5) is 4.79 Å². The van der Waals surface area contributed by atoms with E-state index in [4.69, 9.17) is 26.8 Å². The smallest absolute Gasteiger partial charge is 0.405 e. The number of halogens is 1. The van der Waals surface area contributed by atoms with Crippen LogP contribution in [0.5, 0.6) is 5.75 Å². The van der Waals surface area contributed by atoms with Crippen LogP contribution in [0.3, 0.4) is 0 Å². The summed E-state index contributed by atoms with van der Waals surface area (Å²) in [6, 6.07) is 15.3. The molecule has 2 aromatic carbocycles. The first-order chi connectivity index (χ1) is 10.9. The van der Waals surface area contributed by atoms with E-state index in [9.17, 15) is 4.79 Å². The Kier molecular flexibility index (Phi) is 5.50. The summed E-state index contributed by atoms with van der Waals surface area (Å²) in [5.74, 6) is 0.669. The quantitative estimate of drug-likeness (QED) is 0.855. The number of carbonyl (C=O) groups is 1. The summed E-state index contributed by atoms with van der Waals surface area (Å²) in [5.41, 5.74) is 6.34. The highest BCUT2D eigenvalue weighted by Gasteiger charge is 2.24. The fourth-order valence-electron chi connectivity index (χ4n) is 2.31. The maximum Gasteiger partial charge on any atom is 0.405 e. The lowest BCUT2D eigenvalue weighted by atomic mass is 9.97. The molecule has 0 saturated heterocycles. The Morgan fingerprint density at radius 2 is 1.87 bits per heavy atom. The van der Waals surface area contributed by atoms with Gasteiger partial charge in [-0.2, -0.15) is 0 Å². The molecule has 5 heteroatoms. The zero-order chi connectivity index (χ0) is 16.9. The van der Waals surface area contributed by atoms with E-state index in [1.807, 2.05) is 36.4 Å². The van der Waals surface area contributed by atoms with Gasteiger partial charge < -0.3 is 15.2 Å². The molecule has 0 spiro atoms. The molecule has 0 aromatic heterocycles. The van der Waals surface area contributed by atoms with Crippen molar-refractivity contribution in [1.29, 1.82) is 0 Å². The van der Waals surface area contributed by atoms with Crippen LogP contribution in [-0.2, 0) is 17.8 Å². The maximum absolute atomic E-state index is 11.0. The number of amides is 1. The Hall–Kier alpha value is -2.20. The van der Waals surface area contributed by atoms with Crippen molar-refractivity contribution in [2.45, 2.75) is 32.5 Å². The lowest BCUT2D eigenvalue weighted by Crippen LogP contribution is -2.33. The van der Waals surface area contributed by atoms with Crippen LogP contribution in [0, 0.1) is 0 Å². The Balaban J connectivity index is 2.15. The van der Waals surface area contributed by atoms with E-state index in [2.05, 4.69) is 0 Å². The van der Waals surface area contributed by atoms with Crippen molar-refractivity contribution >= 4 is 17.7 Å². The summed E-state index contributed by atoms with van der Waals surface area (Å²) in [5, 5.41) is 0.588. The summed E-state index contributed by atoms with van der Waals surface area (Å²) < 4.78 is 11.0. The van der Waals surface area contributed by atoms with Gasteiger partial charge in [-0.05, 0) is 37.1 Å². The van der Waals surface area contributed by atoms with E-state index in [1.165, 1.54) is 0 Å². The van der Waals surface area contributed by atoms with Gasteiger partial charge in [-0.15, -0.1) is 0 Å². The number of nitrogens with two attached hydrogens (primary N) is 1. The largest absolute Gasteiger partial charge is 0.489 e. The molecular weight excluding hydrogens is 314 g/mol. The van der Waals surface area contributed by atoms with Crippen LogP contribution in [0.25, 0.3) is 0 Å². The molecule has 0 radical (unpaired) electrons. The first-order valence-electron chi connectivity index (χ1n) is 7.29. The van der Waals surface area contributed by atoms with Gasteiger partial charge in [-0.3, -0.25) is 0 Å². The van der Waals surface area contributed by atoms with Crippen molar-refractivity contribution in [3.05, 3.63) is 64.7 Å². The SMILES string of the molecule is CC(C)(Cc1ccc(Cl)cc1OCc1ccccc1)OC(N)=O. The average molecular weight is 334 g/mol. The van der Waals surface area contributed by atoms with Crippen LogP contribution >= 0.6 is 11.6 Å². The average Bonchev–Trinajstić information content (AvgIpc) is 2.47. The molecule has 2 rings (SSSR count). The fourth-order valence-corrected chi connectivity index (χ4v) is 2.47. The van der Waals surface area contributed by atoms with Crippen LogP contribution in [0.1, 0.15) is 25.0 Å².